The summed E-state index contributed by atoms with van der Waals surface area (Å²) in [5, 5.41) is 3.97. The van der Waals surface area contributed by atoms with Gasteiger partial charge in [-0.3, -0.25) is 4.98 Å². The highest BCUT2D eigenvalue weighted by Gasteiger charge is 2.18. The number of nitrogens with zero attached hydrogens (tertiary/aromatic N) is 1. The van der Waals surface area contributed by atoms with Crippen molar-refractivity contribution in [3.63, 3.8) is 0 Å². The Labute approximate surface area is 167 Å². The minimum absolute atomic E-state index is 0.00710. The van der Waals surface area contributed by atoms with Crippen molar-refractivity contribution in [1.82, 2.24) is 15.0 Å². The Morgan fingerprint density at radius 1 is 1.04 bits per heavy atom. The van der Waals surface area contributed by atoms with Crippen LogP contribution in [0, 0.1) is 0 Å². The van der Waals surface area contributed by atoms with Gasteiger partial charge in [0.15, 0.2) is 0 Å². The molecule has 0 aliphatic carbocycles. The lowest BCUT2D eigenvalue weighted by Gasteiger charge is -2.11. The normalized spacial score (nSPS) is 11.3. The third kappa shape index (κ3) is 4.98. The number of hydrogen-bond donors (Lipinski definition) is 2. The van der Waals surface area contributed by atoms with Gasteiger partial charge in [0.25, 0.3) is 0 Å². The number of pyridine rings is 1. The molecule has 28 heavy (non-hydrogen) atoms. The smallest absolute Gasteiger partial charge is 0.407 e. The molecule has 3 aromatic rings. The highest BCUT2D eigenvalue weighted by Crippen LogP contribution is 2.28. The first kappa shape index (κ1) is 20.1. The van der Waals surface area contributed by atoms with E-state index < -0.39 is 16.1 Å². The molecule has 0 radical (unpaired) electrons. The molecule has 0 fully saturated rings. The van der Waals surface area contributed by atoms with Crippen LogP contribution in [-0.4, -0.2) is 32.6 Å². The quantitative estimate of drug-likeness (QED) is 0.573. The molecule has 0 unspecified atom stereocenters. The van der Waals surface area contributed by atoms with Gasteiger partial charge in [-0.05, 0) is 23.8 Å². The largest absolute Gasteiger partial charge is 0.445 e. The van der Waals surface area contributed by atoms with Crippen molar-refractivity contribution in [1.29, 1.82) is 0 Å². The molecule has 2 N–H and O–H groups in total. The van der Waals surface area contributed by atoms with Gasteiger partial charge in [0.1, 0.15) is 6.61 Å². The van der Waals surface area contributed by atoms with Gasteiger partial charge in [-0.2, -0.15) is 0 Å². The van der Waals surface area contributed by atoms with Crippen LogP contribution in [0.15, 0.2) is 65.8 Å². The van der Waals surface area contributed by atoms with Crippen LogP contribution in [0.25, 0.3) is 10.8 Å². The topological polar surface area (TPSA) is 97.4 Å². The Bertz CT molecular complexity index is 1070. The summed E-state index contributed by atoms with van der Waals surface area (Å²) in [5.74, 6) is 0. The molecule has 3 rings (SSSR count). The summed E-state index contributed by atoms with van der Waals surface area (Å²) in [6.07, 6.45) is 2.38. The summed E-state index contributed by atoms with van der Waals surface area (Å²) >= 11 is 6.11. The first-order chi connectivity index (χ1) is 13.5. The standard InChI is InChI=1S/C19H18ClN3O4S/c20-17-6-7-18(16-12-21-9-8-15(16)17)28(25,26)23-11-10-22-19(24)27-13-14-4-2-1-3-5-14/h1-9,12,23H,10-11,13H2,(H,22,24). The molecule has 2 aromatic carbocycles. The molecule has 1 heterocycles. The number of sulfonamides is 1. The second kappa shape index (κ2) is 9.01. The third-order valence-corrected chi connectivity index (χ3v) is 5.76. The number of amides is 1. The molecule has 0 aliphatic heterocycles. The molecule has 1 amide bonds. The molecule has 9 heteroatoms. The van der Waals surface area contributed by atoms with Crippen molar-refractivity contribution in [3.05, 3.63) is 71.5 Å². The maximum Gasteiger partial charge on any atom is 0.407 e. The summed E-state index contributed by atoms with van der Waals surface area (Å²) < 4.78 is 32.7. The van der Waals surface area contributed by atoms with E-state index in [0.29, 0.717) is 15.8 Å². The van der Waals surface area contributed by atoms with Gasteiger partial charge in [0.05, 0.1) is 4.90 Å². The van der Waals surface area contributed by atoms with Crippen LogP contribution < -0.4 is 10.0 Å². The molecule has 0 saturated carbocycles. The molecule has 1 aromatic heterocycles. The van der Waals surface area contributed by atoms with Crippen molar-refractivity contribution < 1.29 is 17.9 Å². The second-order valence-corrected chi connectivity index (χ2v) is 8.00. The molecule has 0 aliphatic rings. The van der Waals surface area contributed by atoms with Crippen LogP contribution in [0.4, 0.5) is 4.79 Å². The molecular formula is C19H18ClN3O4S. The minimum Gasteiger partial charge on any atom is -0.445 e. The number of benzene rings is 2. The first-order valence-electron chi connectivity index (χ1n) is 8.44. The minimum atomic E-state index is -3.80. The van der Waals surface area contributed by atoms with Crippen molar-refractivity contribution in [2.75, 3.05) is 13.1 Å². The molecule has 0 atom stereocenters. The van der Waals surface area contributed by atoms with Gasteiger partial charge >= 0.3 is 6.09 Å². The predicted molar refractivity (Wildman–Crippen MR) is 107 cm³/mol. The van der Waals surface area contributed by atoms with E-state index in [4.69, 9.17) is 16.3 Å². The Kier molecular flexibility index (Phi) is 6.45. The van der Waals surface area contributed by atoms with Crippen molar-refractivity contribution in [2.45, 2.75) is 11.5 Å². The van der Waals surface area contributed by atoms with E-state index in [1.165, 1.54) is 18.3 Å². The Morgan fingerprint density at radius 2 is 1.82 bits per heavy atom. The van der Waals surface area contributed by atoms with Crippen molar-refractivity contribution in [3.8, 4) is 0 Å². The zero-order valence-electron chi connectivity index (χ0n) is 14.8. The van der Waals surface area contributed by atoms with Crippen LogP contribution in [0.3, 0.4) is 0 Å². The van der Waals surface area contributed by atoms with Crippen LogP contribution >= 0.6 is 11.6 Å². The average Bonchev–Trinajstić information content (AvgIpc) is 2.71. The van der Waals surface area contributed by atoms with Gasteiger partial charge in [-0.15, -0.1) is 0 Å². The number of fused-ring (bicyclic) bond motifs is 1. The van der Waals surface area contributed by atoms with E-state index in [1.54, 1.807) is 12.3 Å². The number of carbonyl (C=O) groups is 1. The lowest BCUT2D eigenvalue weighted by molar-refractivity contribution is 0.140. The lowest BCUT2D eigenvalue weighted by Crippen LogP contribution is -2.35. The SMILES string of the molecule is O=C(NCCNS(=O)(=O)c1ccc(Cl)c2ccncc12)OCc1ccccc1. The molecule has 0 saturated heterocycles. The highest BCUT2D eigenvalue weighted by molar-refractivity contribution is 7.89. The molecule has 0 spiro atoms. The number of aromatic nitrogens is 1. The summed E-state index contributed by atoms with van der Waals surface area (Å²) in [6.45, 7) is 0.228. The van der Waals surface area contributed by atoms with Gasteiger partial charge < -0.3 is 10.1 Å². The van der Waals surface area contributed by atoms with Gasteiger partial charge in [-0.1, -0.05) is 41.9 Å². The third-order valence-electron chi connectivity index (χ3n) is 3.91. The fourth-order valence-corrected chi connectivity index (χ4v) is 4.02. The summed E-state index contributed by atoms with van der Waals surface area (Å²) in [6, 6.07) is 13.9. The Balaban J connectivity index is 1.53. The predicted octanol–water partition coefficient (Wildman–Crippen LogP) is 3.09. The van der Waals surface area contributed by atoms with Gasteiger partial charge in [0, 0.05) is 41.3 Å². The van der Waals surface area contributed by atoms with E-state index in [-0.39, 0.29) is 24.6 Å². The number of carbonyl (C=O) groups excluding carboxylic acids is 1. The molecule has 0 bridgehead atoms. The summed E-state index contributed by atoms with van der Waals surface area (Å²) in [4.78, 5) is 15.7. The van der Waals surface area contributed by atoms with E-state index in [1.807, 2.05) is 30.3 Å². The molecule has 146 valence electrons. The van der Waals surface area contributed by atoms with Crippen LogP contribution in [0.1, 0.15) is 5.56 Å². The van der Waals surface area contributed by atoms with E-state index in [2.05, 4.69) is 15.0 Å². The fourth-order valence-electron chi connectivity index (χ4n) is 2.56. The number of rotatable bonds is 7. The van der Waals surface area contributed by atoms with Crippen LogP contribution in [0.2, 0.25) is 5.02 Å². The number of halogens is 1. The second-order valence-electron chi connectivity index (χ2n) is 5.85. The number of ether oxygens (including phenoxy) is 1. The Hall–Kier alpha value is -2.68. The average molecular weight is 420 g/mol. The zero-order valence-corrected chi connectivity index (χ0v) is 16.3. The number of nitrogens with one attached hydrogen (secondary N) is 2. The van der Waals surface area contributed by atoms with Gasteiger partial charge in [0.2, 0.25) is 10.0 Å². The highest BCUT2D eigenvalue weighted by atomic mass is 35.5. The summed E-state index contributed by atoms with van der Waals surface area (Å²) in [5.41, 5.74) is 0.863. The van der Waals surface area contributed by atoms with E-state index >= 15 is 0 Å². The lowest BCUT2D eigenvalue weighted by atomic mass is 10.2. The van der Waals surface area contributed by atoms with Gasteiger partial charge in [-0.25, -0.2) is 17.9 Å². The number of hydrogen-bond acceptors (Lipinski definition) is 5. The maximum atomic E-state index is 12.6. The molecule has 7 nitrogen and oxygen atoms in total. The van der Waals surface area contributed by atoms with Crippen molar-refractivity contribution >= 4 is 38.5 Å². The van der Waals surface area contributed by atoms with E-state index in [0.717, 1.165) is 5.56 Å². The van der Waals surface area contributed by atoms with Crippen molar-refractivity contribution in [2.24, 2.45) is 0 Å². The number of alkyl carbamates (subject to hydrolysis) is 1. The fraction of sp³-hybridized carbons (Fsp3) is 0.158. The monoisotopic (exact) mass is 419 g/mol. The first-order valence-corrected chi connectivity index (χ1v) is 10.3. The zero-order chi connectivity index (χ0) is 20.0. The van der Waals surface area contributed by atoms with Crippen LogP contribution in [0.5, 0.6) is 0 Å². The van der Waals surface area contributed by atoms with Crippen LogP contribution in [-0.2, 0) is 21.4 Å². The Morgan fingerprint density at radius 3 is 2.61 bits per heavy atom. The molecular weight excluding hydrogens is 402 g/mol. The van der Waals surface area contributed by atoms with E-state index in [9.17, 15) is 13.2 Å². The maximum absolute atomic E-state index is 12.6. The summed E-state index contributed by atoms with van der Waals surface area (Å²) in [7, 11) is -3.80.